The second-order valence-corrected chi connectivity index (χ2v) is 6.31. The first-order chi connectivity index (χ1) is 10.2. The maximum absolute atomic E-state index is 10.4. The van der Waals surface area contributed by atoms with Crippen LogP contribution in [0.3, 0.4) is 0 Å². The van der Waals surface area contributed by atoms with Crippen molar-refractivity contribution in [2.75, 3.05) is 0 Å². The van der Waals surface area contributed by atoms with E-state index in [0.29, 0.717) is 12.7 Å². The lowest BCUT2D eigenvalue weighted by Crippen LogP contribution is -2.35. The highest BCUT2D eigenvalue weighted by molar-refractivity contribution is 5.57. The summed E-state index contributed by atoms with van der Waals surface area (Å²) in [5.41, 5.74) is 5.45. The molecule has 0 heterocycles. The van der Waals surface area contributed by atoms with Crippen LogP contribution in [0.15, 0.2) is 0 Å². The molecule has 0 amide bonds. The van der Waals surface area contributed by atoms with Crippen LogP contribution in [0.25, 0.3) is 0 Å². The van der Waals surface area contributed by atoms with Gasteiger partial charge in [-0.1, -0.05) is 90.4 Å². The molecule has 0 aliphatic carbocycles. The summed E-state index contributed by atoms with van der Waals surface area (Å²) in [6, 6.07) is -0.706. The van der Waals surface area contributed by atoms with E-state index in [1.165, 1.54) is 70.6 Å². The van der Waals surface area contributed by atoms with Crippen molar-refractivity contribution in [1.29, 1.82) is 0 Å². The second kappa shape index (κ2) is 16.0. The Labute approximate surface area is 131 Å². The highest BCUT2D eigenvalue weighted by Gasteiger charge is 2.12. The summed E-state index contributed by atoms with van der Waals surface area (Å²) in [7, 11) is 0. The summed E-state index contributed by atoms with van der Waals surface area (Å²) in [4.78, 5) is 10.4. The molecule has 3 heteroatoms. The number of hydrogen-bond donors (Lipinski definition) is 2. The molecule has 0 aromatic heterocycles. The average Bonchev–Trinajstić information content (AvgIpc) is 2.50. The first-order valence-electron chi connectivity index (χ1n) is 9.11. The normalized spacial score (nSPS) is 14.0. The van der Waals surface area contributed by atoms with Crippen LogP contribution in [0.5, 0.6) is 0 Å². The molecule has 21 heavy (non-hydrogen) atoms. The van der Waals surface area contributed by atoms with Crippen molar-refractivity contribution in [3.63, 3.8) is 0 Å². The SMILES string of the molecule is CCCCCCCCCCCCCCC[C@@H](O)[C@@H](N)C=O. The predicted molar refractivity (Wildman–Crippen MR) is 90.4 cm³/mol. The second-order valence-electron chi connectivity index (χ2n) is 6.31. The van der Waals surface area contributed by atoms with E-state index >= 15 is 0 Å². The van der Waals surface area contributed by atoms with Crippen molar-refractivity contribution in [3.05, 3.63) is 0 Å². The molecular formula is C18H37NO2. The summed E-state index contributed by atoms with van der Waals surface area (Å²) in [5.74, 6) is 0. The van der Waals surface area contributed by atoms with Gasteiger partial charge in [-0.15, -0.1) is 0 Å². The largest absolute Gasteiger partial charge is 0.391 e. The van der Waals surface area contributed by atoms with Crippen molar-refractivity contribution in [2.45, 2.75) is 109 Å². The third-order valence-electron chi connectivity index (χ3n) is 4.20. The minimum atomic E-state index is -0.706. The minimum Gasteiger partial charge on any atom is -0.391 e. The van der Waals surface area contributed by atoms with E-state index in [0.717, 1.165) is 12.8 Å². The third kappa shape index (κ3) is 14.3. The molecule has 0 aromatic rings. The maximum atomic E-state index is 10.4. The zero-order valence-electron chi connectivity index (χ0n) is 14.1. The molecule has 0 aromatic carbocycles. The van der Waals surface area contributed by atoms with Crippen LogP contribution in [0.2, 0.25) is 0 Å². The number of aldehydes is 1. The zero-order chi connectivity index (χ0) is 15.8. The monoisotopic (exact) mass is 299 g/mol. The summed E-state index contributed by atoms with van der Waals surface area (Å²) in [6.45, 7) is 2.26. The maximum Gasteiger partial charge on any atom is 0.139 e. The van der Waals surface area contributed by atoms with Crippen molar-refractivity contribution in [3.8, 4) is 0 Å². The van der Waals surface area contributed by atoms with Gasteiger partial charge >= 0.3 is 0 Å². The molecule has 0 rings (SSSR count). The summed E-state index contributed by atoms with van der Waals surface area (Å²) in [5, 5.41) is 9.54. The number of carbonyl (C=O) groups is 1. The van der Waals surface area contributed by atoms with Crippen LogP contribution < -0.4 is 5.73 Å². The predicted octanol–water partition coefficient (Wildman–Crippen LogP) is 4.35. The fraction of sp³-hybridized carbons (Fsp3) is 0.944. The van der Waals surface area contributed by atoms with Gasteiger partial charge in [-0.25, -0.2) is 0 Å². The number of hydrogen-bond acceptors (Lipinski definition) is 3. The van der Waals surface area contributed by atoms with E-state index in [-0.39, 0.29) is 0 Å². The van der Waals surface area contributed by atoms with Crippen LogP contribution in [0.1, 0.15) is 96.8 Å². The molecule has 0 radical (unpaired) electrons. The molecule has 3 nitrogen and oxygen atoms in total. The Morgan fingerprint density at radius 2 is 1.19 bits per heavy atom. The first kappa shape index (κ1) is 20.6. The molecule has 0 unspecified atom stereocenters. The van der Waals surface area contributed by atoms with Gasteiger partial charge in [-0.2, -0.15) is 0 Å². The molecule has 0 bridgehead atoms. The highest BCUT2D eigenvalue weighted by atomic mass is 16.3. The smallest absolute Gasteiger partial charge is 0.139 e. The fourth-order valence-electron chi connectivity index (χ4n) is 2.65. The van der Waals surface area contributed by atoms with E-state index in [1.807, 2.05) is 0 Å². The number of rotatable bonds is 16. The Bertz CT molecular complexity index is 221. The third-order valence-corrected chi connectivity index (χ3v) is 4.20. The van der Waals surface area contributed by atoms with Crippen molar-refractivity contribution in [2.24, 2.45) is 5.73 Å². The van der Waals surface area contributed by atoms with E-state index in [9.17, 15) is 9.90 Å². The van der Waals surface area contributed by atoms with Gasteiger partial charge in [-0.3, -0.25) is 0 Å². The van der Waals surface area contributed by atoms with Crippen molar-refractivity contribution < 1.29 is 9.90 Å². The number of unbranched alkanes of at least 4 members (excludes halogenated alkanes) is 12. The summed E-state index contributed by atoms with van der Waals surface area (Å²) >= 11 is 0. The van der Waals surface area contributed by atoms with Gasteiger partial charge < -0.3 is 15.6 Å². The molecule has 0 fully saturated rings. The number of aliphatic hydroxyl groups excluding tert-OH is 1. The summed E-state index contributed by atoms with van der Waals surface area (Å²) < 4.78 is 0. The standard InChI is InChI=1S/C18H37NO2/c1-2-3-4-5-6-7-8-9-10-11-12-13-14-15-18(21)17(19)16-20/h16-18,21H,2-15,19H2,1H3/t17-,18+/m0/s1. The number of aliphatic hydroxyl groups is 1. The van der Waals surface area contributed by atoms with E-state index < -0.39 is 12.1 Å². The molecule has 0 saturated carbocycles. The summed E-state index contributed by atoms with van der Waals surface area (Å²) in [6.07, 6.45) is 17.7. The van der Waals surface area contributed by atoms with E-state index in [1.54, 1.807) is 0 Å². The molecule has 3 N–H and O–H groups in total. The van der Waals surface area contributed by atoms with Gasteiger partial charge in [0, 0.05) is 0 Å². The van der Waals surface area contributed by atoms with Crippen LogP contribution in [-0.4, -0.2) is 23.5 Å². The van der Waals surface area contributed by atoms with Gasteiger partial charge in [-0.05, 0) is 6.42 Å². The van der Waals surface area contributed by atoms with Gasteiger partial charge in [0.1, 0.15) is 6.29 Å². The van der Waals surface area contributed by atoms with Gasteiger partial charge in [0.05, 0.1) is 12.1 Å². The van der Waals surface area contributed by atoms with Crippen LogP contribution in [0.4, 0.5) is 0 Å². The minimum absolute atomic E-state index is 0.632. The lowest BCUT2D eigenvalue weighted by molar-refractivity contribution is -0.111. The Morgan fingerprint density at radius 1 is 0.810 bits per heavy atom. The zero-order valence-corrected chi connectivity index (χ0v) is 14.1. The molecule has 2 atom stereocenters. The van der Waals surface area contributed by atoms with Gasteiger partial charge in [0.15, 0.2) is 0 Å². The Hall–Kier alpha value is -0.410. The lowest BCUT2D eigenvalue weighted by atomic mass is 10.0. The molecule has 0 aliphatic rings. The molecule has 0 spiro atoms. The van der Waals surface area contributed by atoms with Gasteiger partial charge in [0.25, 0.3) is 0 Å². The van der Waals surface area contributed by atoms with Crippen molar-refractivity contribution >= 4 is 6.29 Å². The van der Waals surface area contributed by atoms with Crippen LogP contribution >= 0.6 is 0 Å². The molecule has 0 aliphatic heterocycles. The average molecular weight is 299 g/mol. The molecular weight excluding hydrogens is 262 g/mol. The van der Waals surface area contributed by atoms with E-state index in [2.05, 4.69) is 6.92 Å². The first-order valence-corrected chi connectivity index (χ1v) is 9.11. The number of carbonyl (C=O) groups excluding carboxylic acids is 1. The van der Waals surface area contributed by atoms with Crippen LogP contribution in [0, 0.1) is 0 Å². The van der Waals surface area contributed by atoms with E-state index in [4.69, 9.17) is 5.73 Å². The topological polar surface area (TPSA) is 63.3 Å². The van der Waals surface area contributed by atoms with Gasteiger partial charge in [0.2, 0.25) is 0 Å². The Kier molecular flexibility index (Phi) is 15.7. The molecule has 0 saturated heterocycles. The van der Waals surface area contributed by atoms with Crippen LogP contribution in [-0.2, 0) is 4.79 Å². The number of nitrogens with two attached hydrogens (primary N) is 1. The molecule has 126 valence electrons. The van der Waals surface area contributed by atoms with Crippen molar-refractivity contribution in [1.82, 2.24) is 0 Å². The lowest BCUT2D eigenvalue weighted by Gasteiger charge is -2.12. The highest BCUT2D eigenvalue weighted by Crippen LogP contribution is 2.13. The Balaban J connectivity index is 3.10. The Morgan fingerprint density at radius 3 is 1.57 bits per heavy atom. The quantitative estimate of drug-likeness (QED) is 0.329. The fourth-order valence-corrected chi connectivity index (χ4v) is 2.65.